The fourth-order valence-corrected chi connectivity index (χ4v) is 3.72. The van der Waals surface area contributed by atoms with E-state index in [1.807, 2.05) is 30.3 Å². The van der Waals surface area contributed by atoms with Gasteiger partial charge in [0.25, 0.3) is 5.91 Å². The molecule has 0 unspecified atom stereocenters. The summed E-state index contributed by atoms with van der Waals surface area (Å²) in [5, 5.41) is 8.86. The van der Waals surface area contributed by atoms with Crippen LogP contribution in [-0.4, -0.2) is 59.9 Å². The molecule has 9 heteroatoms. The lowest BCUT2D eigenvalue weighted by Crippen LogP contribution is -2.49. The Morgan fingerprint density at radius 2 is 1.87 bits per heavy atom. The summed E-state index contributed by atoms with van der Waals surface area (Å²) in [7, 11) is 0. The SMILES string of the molecule is O=C(NO)c1cc(F)c2c(c1)OC[C@H](c1ccccc1)N(C(=O)N1CCOCC1)C2. The number of morpholine rings is 1. The molecule has 8 nitrogen and oxygen atoms in total. The van der Waals surface area contributed by atoms with Crippen molar-refractivity contribution < 1.29 is 28.7 Å². The van der Waals surface area contributed by atoms with E-state index in [0.717, 1.165) is 11.6 Å². The van der Waals surface area contributed by atoms with Crippen LogP contribution in [0.4, 0.5) is 9.18 Å². The maximum Gasteiger partial charge on any atom is 0.321 e. The molecule has 4 rings (SSSR count). The first-order valence-electron chi connectivity index (χ1n) is 9.66. The molecule has 0 aliphatic carbocycles. The van der Waals surface area contributed by atoms with Crippen LogP contribution in [0.2, 0.25) is 0 Å². The zero-order valence-electron chi connectivity index (χ0n) is 16.2. The normalized spacial score (nSPS) is 18.8. The Morgan fingerprint density at radius 1 is 1.13 bits per heavy atom. The molecule has 0 bridgehead atoms. The minimum Gasteiger partial charge on any atom is -0.491 e. The highest BCUT2D eigenvalue weighted by atomic mass is 19.1. The molecule has 3 amide bonds. The number of ether oxygens (including phenoxy) is 2. The Morgan fingerprint density at radius 3 is 2.57 bits per heavy atom. The third kappa shape index (κ3) is 3.94. The molecule has 158 valence electrons. The van der Waals surface area contributed by atoms with E-state index in [9.17, 15) is 14.0 Å². The zero-order chi connectivity index (χ0) is 21.1. The Bertz CT molecular complexity index is 934. The Labute approximate surface area is 172 Å². The quantitative estimate of drug-likeness (QED) is 0.580. The molecule has 2 aliphatic rings. The van der Waals surface area contributed by atoms with E-state index in [1.165, 1.54) is 11.5 Å². The van der Waals surface area contributed by atoms with E-state index >= 15 is 0 Å². The summed E-state index contributed by atoms with van der Waals surface area (Å²) in [5.41, 5.74) is 2.47. The number of hydrogen-bond acceptors (Lipinski definition) is 5. The highest BCUT2D eigenvalue weighted by Crippen LogP contribution is 2.34. The van der Waals surface area contributed by atoms with Gasteiger partial charge in [-0.3, -0.25) is 10.0 Å². The highest BCUT2D eigenvalue weighted by molar-refractivity contribution is 5.94. The lowest BCUT2D eigenvalue weighted by molar-refractivity contribution is 0.0361. The van der Waals surface area contributed by atoms with Gasteiger partial charge in [0.05, 0.1) is 25.8 Å². The predicted molar refractivity (Wildman–Crippen MR) is 104 cm³/mol. The van der Waals surface area contributed by atoms with Gasteiger partial charge >= 0.3 is 6.03 Å². The minimum absolute atomic E-state index is 0.0159. The van der Waals surface area contributed by atoms with Crippen LogP contribution in [0.3, 0.4) is 0 Å². The molecule has 2 N–H and O–H groups in total. The third-order valence-electron chi connectivity index (χ3n) is 5.33. The Balaban J connectivity index is 1.72. The fourth-order valence-electron chi connectivity index (χ4n) is 3.72. The number of urea groups is 1. The van der Waals surface area contributed by atoms with Crippen LogP contribution in [-0.2, 0) is 11.3 Å². The monoisotopic (exact) mass is 415 g/mol. The van der Waals surface area contributed by atoms with Gasteiger partial charge < -0.3 is 19.3 Å². The molecule has 0 aromatic heterocycles. The van der Waals surface area contributed by atoms with E-state index in [2.05, 4.69) is 0 Å². The number of nitrogens with zero attached hydrogens (tertiary/aromatic N) is 2. The van der Waals surface area contributed by atoms with Crippen LogP contribution < -0.4 is 10.2 Å². The standard InChI is InChI=1S/C21H22FN3O5/c22-17-10-15(20(26)23-28)11-19-16(17)12-25(21(27)24-6-8-29-9-7-24)18(13-30-19)14-4-2-1-3-5-14/h1-5,10-11,18,28H,6-9,12-13H2,(H,23,26)/t18-/m1/s1. The number of rotatable bonds is 2. The summed E-state index contributed by atoms with van der Waals surface area (Å²) in [6.07, 6.45) is 0. The molecule has 2 aromatic rings. The highest BCUT2D eigenvalue weighted by Gasteiger charge is 2.34. The van der Waals surface area contributed by atoms with Crippen molar-refractivity contribution in [2.75, 3.05) is 32.9 Å². The van der Waals surface area contributed by atoms with Crippen molar-refractivity contribution in [1.82, 2.24) is 15.3 Å². The first kappa shape index (κ1) is 20.1. The summed E-state index contributed by atoms with van der Waals surface area (Å²) in [4.78, 5) is 28.4. The molecule has 2 heterocycles. The van der Waals surface area contributed by atoms with Crippen LogP contribution in [0, 0.1) is 5.82 Å². The minimum atomic E-state index is -0.842. The molecule has 0 radical (unpaired) electrons. The van der Waals surface area contributed by atoms with Crippen molar-refractivity contribution in [3.63, 3.8) is 0 Å². The average molecular weight is 415 g/mol. The second kappa shape index (κ2) is 8.68. The summed E-state index contributed by atoms with van der Waals surface area (Å²) in [6, 6.07) is 11.1. The Kier molecular flexibility index (Phi) is 5.82. The predicted octanol–water partition coefficient (Wildman–Crippen LogP) is 2.33. The molecular weight excluding hydrogens is 393 g/mol. The van der Waals surface area contributed by atoms with Crippen molar-refractivity contribution in [3.8, 4) is 5.75 Å². The molecule has 1 fully saturated rings. The van der Waals surface area contributed by atoms with Crippen molar-refractivity contribution in [3.05, 3.63) is 65.0 Å². The van der Waals surface area contributed by atoms with Gasteiger partial charge in [0, 0.05) is 24.2 Å². The van der Waals surface area contributed by atoms with Crippen LogP contribution in [0.15, 0.2) is 42.5 Å². The van der Waals surface area contributed by atoms with Gasteiger partial charge in [0.2, 0.25) is 0 Å². The summed E-state index contributed by atoms with van der Waals surface area (Å²) in [5.74, 6) is -1.35. The van der Waals surface area contributed by atoms with Crippen molar-refractivity contribution in [2.45, 2.75) is 12.6 Å². The number of carbonyl (C=O) groups is 2. The summed E-state index contributed by atoms with van der Waals surface area (Å²) < 4.78 is 26.1. The lowest BCUT2D eigenvalue weighted by Gasteiger charge is -2.36. The van der Waals surface area contributed by atoms with E-state index in [0.29, 0.717) is 26.3 Å². The zero-order valence-corrected chi connectivity index (χ0v) is 16.2. The van der Waals surface area contributed by atoms with Crippen LogP contribution >= 0.6 is 0 Å². The summed E-state index contributed by atoms with van der Waals surface area (Å²) in [6.45, 7) is 1.91. The Hall–Kier alpha value is -3.17. The van der Waals surface area contributed by atoms with Crippen LogP contribution in [0.1, 0.15) is 27.5 Å². The summed E-state index contributed by atoms with van der Waals surface area (Å²) >= 11 is 0. The molecule has 2 aromatic carbocycles. The number of carbonyl (C=O) groups excluding carboxylic acids is 2. The second-order valence-electron chi connectivity index (χ2n) is 7.12. The van der Waals surface area contributed by atoms with Gasteiger partial charge in [-0.1, -0.05) is 30.3 Å². The number of halogens is 1. The molecular formula is C21H22FN3O5. The van der Waals surface area contributed by atoms with Crippen molar-refractivity contribution in [2.24, 2.45) is 0 Å². The van der Waals surface area contributed by atoms with E-state index in [4.69, 9.17) is 14.7 Å². The van der Waals surface area contributed by atoms with E-state index in [-0.39, 0.29) is 36.1 Å². The molecule has 1 saturated heterocycles. The lowest BCUT2D eigenvalue weighted by atomic mass is 10.0. The van der Waals surface area contributed by atoms with Gasteiger partial charge in [-0.25, -0.2) is 14.7 Å². The largest absolute Gasteiger partial charge is 0.491 e. The molecule has 0 spiro atoms. The number of nitrogens with one attached hydrogen (secondary N) is 1. The van der Waals surface area contributed by atoms with E-state index in [1.54, 1.807) is 9.80 Å². The second-order valence-corrected chi connectivity index (χ2v) is 7.12. The molecule has 30 heavy (non-hydrogen) atoms. The van der Waals surface area contributed by atoms with Gasteiger partial charge in [-0.05, 0) is 17.7 Å². The van der Waals surface area contributed by atoms with Crippen LogP contribution in [0.5, 0.6) is 5.75 Å². The first-order valence-corrected chi connectivity index (χ1v) is 9.66. The fraction of sp³-hybridized carbons (Fsp3) is 0.333. The number of amides is 3. The van der Waals surface area contributed by atoms with Crippen molar-refractivity contribution in [1.29, 1.82) is 0 Å². The first-order chi connectivity index (χ1) is 14.6. The maximum absolute atomic E-state index is 14.9. The van der Waals surface area contributed by atoms with Gasteiger partial charge in [0.15, 0.2) is 0 Å². The topological polar surface area (TPSA) is 91.3 Å². The van der Waals surface area contributed by atoms with Crippen molar-refractivity contribution >= 4 is 11.9 Å². The van der Waals surface area contributed by atoms with Gasteiger partial charge in [-0.2, -0.15) is 0 Å². The van der Waals surface area contributed by atoms with E-state index < -0.39 is 17.8 Å². The van der Waals surface area contributed by atoms with Gasteiger partial charge in [0.1, 0.15) is 18.2 Å². The third-order valence-corrected chi connectivity index (χ3v) is 5.33. The average Bonchev–Trinajstić information content (AvgIpc) is 2.99. The number of hydroxylamine groups is 1. The molecule has 2 aliphatic heterocycles. The number of benzene rings is 2. The molecule has 0 saturated carbocycles. The van der Waals surface area contributed by atoms with Crippen LogP contribution in [0.25, 0.3) is 0 Å². The number of fused-ring (bicyclic) bond motifs is 1. The van der Waals surface area contributed by atoms with Gasteiger partial charge in [-0.15, -0.1) is 0 Å². The molecule has 1 atom stereocenters. The number of hydrogen-bond donors (Lipinski definition) is 2. The maximum atomic E-state index is 14.9. The smallest absolute Gasteiger partial charge is 0.321 e.